The van der Waals surface area contributed by atoms with Crippen LogP contribution in [0.15, 0.2) is 59.4 Å². The predicted octanol–water partition coefficient (Wildman–Crippen LogP) is 4.02. The van der Waals surface area contributed by atoms with E-state index in [1.165, 1.54) is 11.3 Å². The summed E-state index contributed by atoms with van der Waals surface area (Å²) in [4.78, 5) is 0. The Morgan fingerprint density at radius 1 is 1.19 bits per heavy atom. The lowest BCUT2D eigenvalue weighted by molar-refractivity contribution is 0.571. The summed E-state index contributed by atoms with van der Waals surface area (Å²) in [7, 11) is 0. The summed E-state index contributed by atoms with van der Waals surface area (Å²) < 4.78 is 2.02. The molecule has 0 saturated heterocycles. The first-order valence-corrected chi connectivity index (χ1v) is 8.19. The lowest BCUT2D eigenvalue weighted by Gasteiger charge is -2.19. The van der Waals surface area contributed by atoms with Crippen molar-refractivity contribution >= 4 is 11.3 Å². The number of hydrogen-bond donors (Lipinski definition) is 1. The van der Waals surface area contributed by atoms with E-state index in [0.717, 1.165) is 18.7 Å². The Hall–Kier alpha value is -1.91. The SMILES string of the molecule is CCCNC(c1ccsc1)c1ccnn1-c1ccccc1. The number of benzene rings is 1. The van der Waals surface area contributed by atoms with Crippen LogP contribution in [0, 0.1) is 0 Å². The van der Waals surface area contributed by atoms with Crippen LogP contribution in [-0.4, -0.2) is 16.3 Å². The molecule has 0 amide bonds. The fraction of sp³-hybridized carbons (Fsp3) is 0.235. The van der Waals surface area contributed by atoms with E-state index >= 15 is 0 Å². The molecule has 0 bridgehead atoms. The summed E-state index contributed by atoms with van der Waals surface area (Å²) in [6, 6.07) is 14.7. The minimum Gasteiger partial charge on any atom is -0.305 e. The van der Waals surface area contributed by atoms with Crippen molar-refractivity contribution in [2.24, 2.45) is 0 Å². The summed E-state index contributed by atoms with van der Waals surface area (Å²) in [6.07, 6.45) is 2.98. The molecule has 0 radical (unpaired) electrons. The summed E-state index contributed by atoms with van der Waals surface area (Å²) in [5, 5.41) is 12.5. The molecule has 4 heteroatoms. The zero-order valence-corrected chi connectivity index (χ0v) is 12.9. The highest BCUT2D eigenvalue weighted by Crippen LogP contribution is 2.25. The van der Waals surface area contributed by atoms with Crippen LogP contribution in [-0.2, 0) is 0 Å². The third-order valence-corrected chi connectivity index (χ3v) is 4.14. The summed E-state index contributed by atoms with van der Waals surface area (Å²) in [5.74, 6) is 0. The van der Waals surface area contributed by atoms with Crippen molar-refractivity contribution in [2.45, 2.75) is 19.4 Å². The minimum absolute atomic E-state index is 0.180. The van der Waals surface area contributed by atoms with E-state index in [0.29, 0.717) is 0 Å². The zero-order valence-electron chi connectivity index (χ0n) is 12.1. The first kappa shape index (κ1) is 14.0. The van der Waals surface area contributed by atoms with Gasteiger partial charge in [-0.2, -0.15) is 16.4 Å². The molecule has 108 valence electrons. The average molecular weight is 297 g/mol. The van der Waals surface area contributed by atoms with Gasteiger partial charge in [0.25, 0.3) is 0 Å². The Labute approximate surface area is 129 Å². The largest absolute Gasteiger partial charge is 0.305 e. The molecule has 0 spiro atoms. The van der Waals surface area contributed by atoms with Crippen molar-refractivity contribution < 1.29 is 0 Å². The number of thiophene rings is 1. The van der Waals surface area contributed by atoms with Gasteiger partial charge < -0.3 is 5.32 Å². The normalized spacial score (nSPS) is 12.4. The molecule has 1 atom stereocenters. The van der Waals surface area contributed by atoms with Gasteiger partial charge in [-0.05, 0) is 53.6 Å². The lowest BCUT2D eigenvalue weighted by atomic mass is 10.1. The molecule has 3 aromatic rings. The van der Waals surface area contributed by atoms with Gasteiger partial charge in [0.05, 0.1) is 17.4 Å². The van der Waals surface area contributed by atoms with Gasteiger partial charge in [0.15, 0.2) is 0 Å². The molecule has 3 rings (SSSR count). The minimum atomic E-state index is 0.180. The van der Waals surface area contributed by atoms with E-state index in [-0.39, 0.29) is 6.04 Å². The van der Waals surface area contributed by atoms with Crippen molar-refractivity contribution in [3.63, 3.8) is 0 Å². The van der Waals surface area contributed by atoms with Crippen LogP contribution in [0.2, 0.25) is 0 Å². The maximum atomic E-state index is 4.51. The second kappa shape index (κ2) is 6.70. The maximum absolute atomic E-state index is 4.51. The van der Waals surface area contributed by atoms with Gasteiger partial charge in [0, 0.05) is 6.20 Å². The van der Waals surface area contributed by atoms with E-state index in [2.05, 4.69) is 52.4 Å². The standard InChI is InChI=1S/C17H19N3S/c1-2-10-18-17(14-9-12-21-13-14)16-8-11-19-20(16)15-6-4-3-5-7-15/h3-9,11-13,17-18H,2,10H2,1H3. The van der Waals surface area contributed by atoms with Gasteiger partial charge in [-0.25, -0.2) is 4.68 Å². The summed E-state index contributed by atoms with van der Waals surface area (Å²) in [5.41, 5.74) is 3.57. The van der Waals surface area contributed by atoms with Crippen LogP contribution in [0.5, 0.6) is 0 Å². The summed E-state index contributed by atoms with van der Waals surface area (Å²) >= 11 is 1.73. The molecule has 21 heavy (non-hydrogen) atoms. The molecule has 0 aliphatic rings. The second-order valence-electron chi connectivity index (χ2n) is 4.95. The third kappa shape index (κ3) is 3.06. The number of nitrogens with zero attached hydrogens (tertiary/aromatic N) is 2. The quantitative estimate of drug-likeness (QED) is 0.744. The monoisotopic (exact) mass is 297 g/mol. The Morgan fingerprint density at radius 2 is 2.05 bits per heavy atom. The molecule has 1 aromatic carbocycles. The van der Waals surface area contributed by atoms with Crippen molar-refractivity contribution in [3.8, 4) is 5.69 Å². The first-order chi connectivity index (χ1) is 10.4. The molecular formula is C17H19N3S. The molecule has 3 nitrogen and oxygen atoms in total. The maximum Gasteiger partial charge on any atom is 0.0760 e. The van der Waals surface area contributed by atoms with E-state index in [1.54, 1.807) is 11.3 Å². The fourth-order valence-electron chi connectivity index (χ4n) is 2.44. The molecule has 2 heterocycles. The van der Waals surface area contributed by atoms with Crippen molar-refractivity contribution in [1.29, 1.82) is 0 Å². The number of nitrogens with one attached hydrogen (secondary N) is 1. The highest BCUT2D eigenvalue weighted by atomic mass is 32.1. The second-order valence-corrected chi connectivity index (χ2v) is 5.73. The molecule has 0 aliphatic heterocycles. The Balaban J connectivity index is 1.99. The predicted molar refractivity (Wildman–Crippen MR) is 88.0 cm³/mol. The van der Waals surface area contributed by atoms with E-state index < -0.39 is 0 Å². The van der Waals surface area contributed by atoms with Gasteiger partial charge >= 0.3 is 0 Å². The topological polar surface area (TPSA) is 29.9 Å². The van der Waals surface area contributed by atoms with Gasteiger partial charge in [-0.1, -0.05) is 25.1 Å². The molecule has 0 aliphatic carbocycles. The lowest BCUT2D eigenvalue weighted by Crippen LogP contribution is -2.25. The number of rotatable bonds is 6. The van der Waals surface area contributed by atoms with Crippen molar-refractivity contribution in [3.05, 3.63) is 70.7 Å². The van der Waals surface area contributed by atoms with E-state index in [9.17, 15) is 0 Å². The van der Waals surface area contributed by atoms with Crippen LogP contribution < -0.4 is 5.32 Å². The zero-order chi connectivity index (χ0) is 14.5. The molecule has 2 aromatic heterocycles. The van der Waals surface area contributed by atoms with Crippen molar-refractivity contribution in [2.75, 3.05) is 6.54 Å². The fourth-order valence-corrected chi connectivity index (χ4v) is 3.12. The number of hydrogen-bond acceptors (Lipinski definition) is 3. The van der Waals surface area contributed by atoms with E-state index in [4.69, 9.17) is 0 Å². The van der Waals surface area contributed by atoms with Gasteiger partial charge in [-0.3, -0.25) is 0 Å². The van der Waals surface area contributed by atoms with Gasteiger partial charge in [-0.15, -0.1) is 0 Å². The number of aromatic nitrogens is 2. The highest BCUT2D eigenvalue weighted by Gasteiger charge is 2.18. The molecular weight excluding hydrogens is 278 g/mol. The summed E-state index contributed by atoms with van der Waals surface area (Å²) in [6.45, 7) is 3.17. The van der Waals surface area contributed by atoms with Gasteiger partial charge in [0.1, 0.15) is 0 Å². The highest BCUT2D eigenvalue weighted by molar-refractivity contribution is 7.08. The molecule has 1 unspecified atom stereocenters. The smallest absolute Gasteiger partial charge is 0.0760 e. The van der Waals surface area contributed by atoms with Gasteiger partial charge in [0.2, 0.25) is 0 Å². The van der Waals surface area contributed by atoms with E-state index in [1.807, 2.05) is 29.1 Å². The third-order valence-electron chi connectivity index (χ3n) is 3.44. The van der Waals surface area contributed by atoms with Crippen LogP contribution in [0.1, 0.15) is 30.6 Å². The first-order valence-electron chi connectivity index (χ1n) is 7.25. The molecule has 0 saturated carbocycles. The van der Waals surface area contributed by atoms with Crippen LogP contribution in [0.3, 0.4) is 0 Å². The number of para-hydroxylation sites is 1. The van der Waals surface area contributed by atoms with Crippen LogP contribution >= 0.6 is 11.3 Å². The van der Waals surface area contributed by atoms with Crippen molar-refractivity contribution in [1.82, 2.24) is 15.1 Å². The Bertz CT molecular complexity index is 658. The average Bonchev–Trinajstić information content (AvgIpc) is 3.20. The van der Waals surface area contributed by atoms with Crippen LogP contribution in [0.25, 0.3) is 5.69 Å². The van der Waals surface area contributed by atoms with Crippen LogP contribution in [0.4, 0.5) is 0 Å². The Kier molecular flexibility index (Phi) is 4.48. The molecule has 1 N–H and O–H groups in total. The Morgan fingerprint density at radius 3 is 2.76 bits per heavy atom. The molecule has 0 fully saturated rings.